The molecule has 0 radical (unpaired) electrons. The van der Waals surface area contributed by atoms with Crippen molar-refractivity contribution in [3.63, 3.8) is 0 Å². The summed E-state index contributed by atoms with van der Waals surface area (Å²) in [7, 11) is 3.41. The molecule has 8 heteroatoms. The average molecular weight is 245 g/mol. The van der Waals surface area contributed by atoms with Gasteiger partial charge in [0, 0.05) is 14.1 Å². The molecular formula is C8H15N5O2S. The fourth-order valence-corrected chi connectivity index (χ4v) is 2.05. The summed E-state index contributed by atoms with van der Waals surface area (Å²) in [6, 6.07) is 0. The van der Waals surface area contributed by atoms with E-state index in [-0.39, 0.29) is 17.8 Å². The maximum atomic E-state index is 11.6. The lowest BCUT2D eigenvalue weighted by Gasteiger charge is -2.15. The van der Waals surface area contributed by atoms with Crippen molar-refractivity contribution in [3.8, 4) is 0 Å². The second-order valence-corrected chi connectivity index (χ2v) is 4.71. The topological polar surface area (TPSA) is 84.1 Å². The molecule has 7 nitrogen and oxygen atoms in total. The van der Waals surface area contributed by atoms with Gasteiger partial charge in [0.05, 0.1) is 18.4 Å². The van der Waals surface area contributed by atoms with Gasteiger partial charge in [0.15, 0.2) is 0 Å². The van der Waals surface area contributed by atoms with Gasteiger partial charge in [-0.3, -0.25) is 4.79 Å². The van der Waals surface area contributed by atoms with E-state index in [1.165, 1.54) is 21.3 Å². The number of carbonyl (C=O) groups excluding carboxylic acids is 1. The van der Waals surface area contributed by atoms with Gasteiger partial charge < -0.3 is 10.0 Å². The Kier molecular flexibility index (Phi) is 4.69. The fourth-order valence-electron chi connectivity index (χ4n) is 1.09. The minimum Gasteiger partial charge on any atom is -0.394 e. The van der Waals surface area contributed by atoms with E-state index in [2.05, 4.69) is 15.5 Å². The number of hydrogen-bond acceptors (Lipinski definition) is 6. The van der Waals surface area contributed by atoms with Crippen LogP contribution in [0.15, 0.2) is 5.16 Å². The van der Waals surface area contributed by atoms with Gasteiger partial charge in [0.2, 0.25) is 11.1 Å². The lowest BCUT2D eigenvalue weighted by atomic mass is 10.4. The van der Waals surface area contributed by atoms with Crippen LogP contribution >= 0.6 is 11.8 Å². The third-order valence-corrected chi connectivity index (χ3v) is 2.94. The molecule has 0 aliphatic carbocycles. The highest BCUT2D eigenvalue weighted by molar-refractivity contribution is 8.00. The molecule has 1 heterocycles. The number of hydrogen-bond donors (Lipinski definition) is 1. The second-order valence-electron chi connectivity index (χ2n) is 3.40. The van der Waals surface area contributed by atoms with E-state index < -0.39 is 0 Å². The number of aliphatic hydroxyl groups is 1. The highest BCUT2D eigenvalue weighted by atomic mass is 32.2. The molecule has 0 aliphatic rings. The molecule has 0 aromatic carbocycles. The summed E-state index contributed by atoms with van der Waals surface area (Å²) in [4.78, 5) is 13.1. The summed E-state index contributed by atoms with van der Waals surface area (Å²) in [5.41, 5.74) is 0. The lowest BCUT2D eigenvalue weighted by molar-refractivity contribution is -0.127. The van der Waals surface area contributed by atoms with Crippen molar-refractivity contribution in [3.05, 3.63) is 0 Å². The van der Waals surface area contributed by atoms with Gasteiger partial charge in [-0.1, -0.05) is 11.8 Å². The second kappa shape index (κ2) is 5.80. The summed E-state index contributed by atoms with van der Waals surface area (Å²) in [6.07, 6.45) is 0. The molecule has 0 saturated carbocycles. The van der Waals surface area contributed by atoms with Crippen LogP contribution in [-0.4, -0.2) is 62.1 Å². The average Bonchev–Trinajstić information content (AvgIpc) is 2.65. The van der Waals surface area contributed by atoms with E-state index in [0.29, 0.717) is 11.7 Å². The van der Waals surface area contributed by atoms with Gasteiger partial charge in [-0.25, -0.2) is 4.68 Å². The van der Waals surface area contributed by atoms with Crippen molar-refractivity contribution in [2.24, 2.45) is 0 Å². The summed E-state index contributed by atoms with van der Waals surface area (Å²) in [6.45, 7) is 2.10. The third kappa shape index (κ3) is 3.17. The predicted octanol–water partition coefficient (Wildman–Crippen LogP) is -0.766. The first kappa shape index (κ1) is 12.9. The van der Waals surface area contributed by atoms with E-state index in [4.69, 9.17) is 5.11 Å². The van der Waals surface area contributed by atoms with Crippen LogP contribution in [0.1, 0.15) is 6.92 Å². The Hall–Kier alpha value is -1.15. The van der Waals surface area contributed by atoms with Crippen molar-refractivity contribution in [1.82, 2.24) is 25.1 Å². The Bertz CT molecular complexity index is 354. The van der Waals surface area contributed by atoms with E-state index in [1.54, 1.807) is 21.0 Å². The van der Waals surface area contributed by atoms with Crippen LogP contribution in [0, 0.1) is 0 Å². The number of thioether (sulfide) groups is 1. The smallest absolute Gasteiger partial charge is 0.235 e. The van der Waals surface area contributed by atoms with Crippen LogP contribution in [0.25, 0.3) is 0 Å². The predicted molar refractivity (Wildman–Crippen MR) is 58.9 cm³/mol. The first-order chi connectivity index (χ1) is 7.56. The number of aromatic nitrogens is 4. The number of carbonyl (C=O) groups is 1. The largest absolute Gasteiger partial charge is 0.394 e. The molecule has 16 heavy (non-hydrogen) atoms. The first-order valence-corrected chi connectivity index (χ1v) is 5.69. The summed E-state index contributed by atoms with van der Waals surface area (Å²) in [5.74, 6) is 0.00329. The van der Waals surface area contributed by atoms with Crippen molar-refractivity contribution < 1.29 is 9.90 Å². The van der Waals surface area contributed by atoms with Gasteiger partial charge in [0.1, 0.15) is 0 Å². The Morgan fingerprint density at radius 3 is 2.88 bits per heavy atom. The normalized spacial score (nSPS) is 12.5. The molecule has 0 bridgehead atoms. The lowest BCUT2D eigenvalue weighted by Crippen LogP contribution is -2.29. The molecule has 0 spiro atoms. The molecule has 1 N–H and O–H groups in total. The van der Waals surface area contributed by atoms with Crippen molar-refractivity contribution >= 4 is 17.7 Å². The Labute approximate surface area is 97.8 Å². The monoisotopic (exact) mass is 245 g/mol. The van der Waals surface area contributed by atoms with Crippen LogP contribution in [0.2, 0.25) is 0 Å². The minimum atomic E-state index is -0.251. The summed E-state index contributed by atoms with van der Waals surface area (Å²) >= 11 is 1.28. The zero-order valence-electron chi connectivity index (χ0n) is 9.49. The molecular weight excluding hydrogens is 230 g/mol. The molecule has 1 aromatic rings. The number of amides is 1. The van der Waals surface area contributed by atoms with Gasteiger partial charge in [0.25, 0.3) is 0 Å². The van der Waals surface area contributed by atoms with E-state index >= 15 is 0 Å². The molecule has 1 unspecified atom stereocenters. The molecule has 1 rings (SSSR count). The van der Waals surface area contributed by atoms with Crippen molar-refractivity contribution in [2.45, 2.75) is 23.9 Å². The molecule has 1 amide bonds. The van der Waals surface area contributed by atoms with E-state index in [1.807, 2.05) is 0 Å². The fraction of sp³-hybridized carbons (Fsp3) is 0.750. The third-order valence-electron chi connectivity index (χ3n) is 1.88. The maximum Gasteiger partial charge on any atom is 0.235 e. The van der Waals surface area contributed by atoms with Gasteiger partial charge in [-0.15, -0.1) is 5.10 Å². The van der Waals surface area contributed by atoms with E-state index in [9.17, 15) is 4.79 Å². The Morgan fingerprint density at radius 1 is 1.62 bits per heavy atom. The van der Waals surface area contributed by atoms with Crippen molar-refractivity contribution in [2.75, 3.05) is 20.7 Å². The zero-order valence-corrected chi connectivity index (χ0v) is 10.3. The molecule has 1 aromatic heterocycles. The Morgan fingerprint density at radius 2 is 2.31 bits per heavy atom. The quantitative estimate of drug-likeness (QED) is 0.686. The molecule has 1 atom stereocenters. The highest BCUT2D eigenvalue weighted by Crippen LogP contribution is 2.20. The van der Waals surface area contributed by atoms with Gasteiger partial charge in [-0.2, -0.15) is 0 Å². The number of nitrogens with zero attached hydrogens (tertiary/aromatic N) is 5. The van der Waals surface area contributed by atoms with Crippen LogP contribution < -0.4 is 0 Å². The number of rotatable bonds is 5. The molecule has 0 aliphatic heterocycles. The Balaban J connectivity index is 2.65. The molecule has 0 saturated heterocycles. The zero-order chi connectivity index (χ0) is 12.1. The van der Waals surface area contributed by atoms with Crippen molar-refractivity contribution in [1.29, 1.82) is 0 Å². The van der Waals surface area contributed by atoms with Crippen LogP contribution in [0.4, 0.5) is 0 Å². The molecule has 0 fully saturated rings. The van der Waals surface area contributed by atoms with Gasteiger partial charge >= 0.3 is 0 Å². The number of aliphatic hydroxyl groups excluding tert-OH is 1. The first-order valence-electron chi connectivity index (χ1n) is 4.81. The van der Waals surface area contributed by atoms with Crippen LogP contribution in [-0.2, 0) is 11.3 Å². The van der Waals surface area contributed by atoms with Crippen LogP contribution in [0.5, 0.6) is 0 Å². The summed E-state index contributed by atoms with van der Waals surface area (Å²) in [5, 5.41) is 20.1. The van der Waals surface area contributed by atoms with E-state index in [0.717, 1.165) is 0 Å². The SMILES string of the molecule is CC(Sc1nnnn1CCO)C(=O)N(C)C. The minimum absolute atomic E-state index is 0.00329. The standard InChI is InChI=1S/C8H15N5O2S/c1-6(7(15)12(2)3)16-8-9-10-11-13(8)4-5-14/h6,14H,4-5H2,1-3H3. The van der Waals surface area contributed by atoms with Gasteiger partial charge in [-0.05, 0) is 17.4 Å². The number of tetrazole rings is 1. The highest BCUT2D eigenvalue weighted by Gasteiger charge is 2.19. The molecule has 90 valence electrons. The summed E-state index contributed by atoms with van der Waals surface area (Å²) < 4.78 is 1.48. The van der Waals surface area contributed by atoms with Crippen LogP contribution in [0.3, 0.4) is 0 Å². The maximum absolute atomic E-state index is 11.6.